The number of carbonyl (C=O) groups is 1. The number of hydrogen-bond donors (Lipinski definition) is 1. The number of nitrogens with one attached hydrogen (secondary N) is 1. The summed E-state index contributed by atoms with van der Waals surface area (Å²) in [5, 5.41) is 11.1. The molecule has 0 unspecified atom stereocenters. The highest BCUT2D eigenvalue weighted by Gasteiger charge is 2.23. The lowest BCUT2D eigenvalue weighted by atomic mass is 9.93. The Morgan fingerprint density at radius 3 is 2.67 bits per heavy atom. The summed E-state index contributed by atoms with van der Waals surface area (Å²) < 4.78 is 1.97. The van der Waals surface area contributed by atoms with Gasteiger partial charge in [-0.2, -0.15) is 0 Å². The molecule has 1 aromatic carbocycles. The molecule has 1 aliphatic heterocycles. The molecule has 6 heteroatoms. The van der Waals surface area contributed by atoms with Crippen LogP contribution in [0.2, 0.25) is 0 Å². The number of urea groups is 1. The minimum absolute atomic E-state index is 0.0584. The molecule has 1 aromatic heterocycles. The Morgan fingerprint density at radius 2 is 2.00 bits per heavy atom. The van der Waals surface area contributed by atoms with Crippen LogP contribution in [0.3, 0.4) is 0 Å². The first-order chi connectivity index (χ1) is 11.7. The van der Waals surface area contributed by atoms with Crippen molar-refractivity contribution in [3.63, 3.8) is 0 Å². The van der Waals surface area contributed by atoms with Gasteiger partial charge in [-0.25, -0.2) is 4.79 Å². The molecule has 6 nitrogen and oxygen atoms in total. The van der Waals surface area contributed by atoms with Crippen LogP contribution < -0.4 is 5.32 Å². The monoisotopic (exact) mass is 327 g/mol. The third-order valence-corrected chi connectivity index (χ3v) is 4.71. The fourth-order valence-corrected chi connectivity index (χ4v) is 3.16. The van der Waals surface area contributed by atoms with Gasteiger partial charge in [-0.05, 0) is 30.7 Å². The minimum Gasteiger partial charge on any atom is -0.338 e. The SMILES string of the molecule is Cn1cnnc1CC1CCN(C(=O)NCCc2ccccc2)CC1. The third kappa shape index (κ3) is 4.34. The van der Waals surface area contributed by atoms with Crippen LogP contribution in [0.15, 0.2) is 36.7 Å². The summed E-state index contributed by atoms with van der Waals surface area (Å²) in [6, 6.07) is 10.3. The number of rotatable bonds is 5. The summed E-state index contributed by atoms with van der Waals surface area (Å²) in [5.41, 5.74) is 1.25. The normalized spacial score (nSPS) is 15.5. The zero-order valence-corrected chi connectivity index (χ0v) is 14.2. The smallest absolute Gasteiger partial charge is 0.317 e. The number of nitrogens with zero attached hydrogens (tertiary/aromatic N) is 4. The highest BCUT2D eigenvalue weighted by atomic mass is 16.2. The number of likely N-dealkylation sites (tertiary alicyclic amines) is 1. The van der Waals surface area contributed by atoms with E-state index in [1.54, 1.807) is 6.33 Å². The van der Waals surface area contributed by atoms with Crippen molar-refractivity contribution in [2.75, 3.05) is 19.6 Å². The first-order valence-corrected chi connectivity index (χ1v) is 8.62. The van der Waals surface area contributed by atoms with Crippen LogP contribution in [0, 0.1) is 5.92 Å². The van der Waals surface area contributed by atoms with Crippen molar-refractivity contribution in [3.8, 4) is 0 Å². The van der Waals surface area contributed by atoms with Gasteiger partial charge in [0.2, 0.25) is 0 Å². The fraction of sp³-hybridized carbons (Fsp3) is 0.500. The molecular weight excluding hydrogens is 302 g/mol. The van der Waals surface area contributed by atoms with Gasteiger partial charge in [0, 0.05) is 33.1 Å². The molecule has 2 amide bonds. The molecule has 1 aliphatic rings. The van der Waals surface area contributed by atoms with E-state index in [0.717, 1.165) is 44.6 Å². The Bertz CT molecular complexity index is 646. The summed E-state index contributed by atoms with van der Waals surface area (Å²) in [4.78, 5) is 14.2. The quantitative estimate of drug-likeness (QED) is 0.914. The first-order valence-electron chi connectivity index (χ1n) is 8.62. The number of aryl methyl sites for hydroxylation is 1. The minimum atomic E-state index is 0.0584. The molecule has 0 atom stereocenters. The molecule has 24 heavy (non-hydrogen) atoms. The molecule has 1 saturated heterocycles. The predicted octanol–water partition coefficient (Wildman–Crippen LogP) is 2.02. The standard InChI is InChI=1S/C18H25N5O/c1-22-14-20-21-17(22)13-16-8-11-23(12-9-16)18(24)19-10-7-15-5-3-2-4-6-15/h2-6,14,16H,7-13H2,1H3,(H,19,24). The van der Waals surface area contributed by atoms with Crippen LogP contribution in [-0.2, 0) is 19.9 Å². The van der Waals surface area contributed by atoms with E-state index in [9.17, 15) is 4.79 Å². The first kappa shape index (κ1) is 16.5. The Kier molecular flexibility index (Phi) is 5.46. The second kappa shape index (κ2) is 7.95. The van der Waals surface area contributed by atoms with Crippen LogP contribution in [0.25, 0.3) is 0 Å². The van der Waals surface area contributed by atoms with Gasteiger partial charge in [0.15, 0.2) is 0 Å². The van der Waals surface area contributed by atoms with Crippen molar-refractivity contribution < 1.29 is 4.79 Å². The summed E-state index contributed by atoms with van der Waals surface area (Å²) in [7, 11) is 1.98. The van der Waals surface area contributed by atoms with Gasteiger partial charge >= 0.3 is 6.03 Å². The van der Waals surface area contributed by atoms with Crippen molar-refractivity contribution in [1.82, 2.24) is 25.0 Å². The molecule has 0 spiro atoms. The van der Waals surface area contributed by atoms with E-state index in [1.807, 2.05) is 34.7 Å². The molecule has 128 valence electrons. The van der Waals surface area contributed by atoms with Crippen molar-refractivity contribution in [2.24, 2.45) is 13.0 Å². The van der Waals surface area contributed by atoms with Crippen LogP contribution in [0.4, 0.5) is 4.79 Å². The lowest BCUT2D eigenvalue weighted by molar-refractivity contribution is 0.170. The number of carbonyl (C=O) groups excluding carboxylic acids is 1. The third-order valence-electron chi connectivity index (χ3n) is 4.71. The van der Waals surface area contributed by atoms with E-state index in [-0.39, 0.29) is 6.03 Å². The van der Waals surface area contributed by atoms with Crippen molar-refractivity contribution in [1.29, 1.82) is 0 Å². The maximum absolute atomic E-state index is 12.3. The zero-order chi connectivity index (χ0) is 16.8. The highest BCUT2D eigenvalue weighted by molar-refractivity contribution is 5.74. The maximum atomic E-state index is 12.3. The molecule has 0 aliphatic carbocycles. The van der Waals surface area contributed by atoms with Gasteiger partial charge in [-0.1, -0.05) is 30.3 Å². The number of amides is 2. The molecule has 2 heterocycles. The van der Waals surface area contributed by atoms with Gasteiger partial charge in [0.05, 0.1) is 0 Å². The average Bonchev–Trinajstić information content (AvgIpc) is 3.01. The van der Waals surface area contributed by atoms with E-state index in [1.165, 1.54) is 5.56 Å². The molecule has 0 saturated carbocycles. The highest BCUT2D eigenvalue weighted by Crippen LogP contribution is 2.20. The predicted molar refractivity (Wildman–Crippen MR) is 92.5 cm³/mol. The molecule has 2 aromatic rings. The Hall–Kier alpha value is -2.37. The zero-order valence-electron chi connectivity index (χ0n) is 14.2. The van der Waals surface area contributed by atoms with E-state index in [0.29, 0.717) is 12.5 Å². The number of benzene rings is 1. The molecule has 0 bridgehead atoms. The lowest BCUT2D eigenvalue weighted by Crippen LogP contribution is -2.45. The van der Waals surface area contributed by atoms with E-state index in [2.05, 4.69) is 27.6 Å². The Labute approximate surface area is 142 Å². The Morgan fingerprint density at radius 1 is 1.25 bits per heavy atom. The Balaban J connectivity index is 1.38. The topological polar surface area (TPSA) is 63.1 Å². The largest absolute Gasteiger partial charge is 0.338 e. The molecule has 1 N–H and O–H groups in total. The maximum Gasteiger partial charge on any atom is 0.317 e. The van der Waals surface area contributed by atoms with Gasteiger partial charge < -0.3 is 14.8 Å². The van der Waals surface area contributed by atoms with Crippen LogP contribution >= 0.6 is 0 Å². The van der Waals surface area contributed by atoms with Crippen LogP contribution in [0.5, 0.6) is 0 Å². The van der Waals surface area contributed by atoms with Gasteiger partial charge in [-0.3, -0.25) is 0 Å². The summed E-state index contributed by atoms with van der Waals surface area (Å²) in [5.74, 6) is 1.61. The summed E-state index contributed by atoms with van der Waals surface area (Å²) in [6.45, 7) is 2.32. The number of piperidine rings is 1. The molecule has 0 radical (unpaired) electrons. The van der Waals surface area contributed by atoms with E-state index >= 15 is 0 Å². The van der Waals surface area contributed by atoms with Gasteiger partial charge in [0.1, 0.15) is 12.2 Å². The van der Waals surface area contributed by atoms with Crippen molar-refractivity contribution >= 4 is 6.03 Å². The van der Waals surface area contributed by atoms with Crippen molar-refractivity contribution in [2.45, 2.75) is 25.7 Å². The summed E-state index contributed by atoms with van der Waals surface area (Å²) in [6.07, 6.45) is 5.61. The van der Waals surface area contributed by atoms with Crippen molar-refractivity contribution in [3.05, 3.63) is 48.0 Å². The van der Waals surface area contributed by atoms with Crippen LogP contribution in [0.1, 0.15) is 24.2 Å². The average molecular weight is 327 g/mol. The lowest BCUT2D eigenvalue weighted by Gasteiger charge is -2.31. The number of aromatic nitrogens is 3. The van der Waals surface area contributed by atoms with Gasteiger partial charge in [0.25, 0.3) is 0 Å². The molecule has 1 fully saturated rings. The van der Waals surface area contributed by atoms with E-state index in [4.69, 9.17) is 0 Å². The second-order valence-corrected chi connectivity index (χ2v) is 6.46. The van der Waals surface area contributed by atoms with Gasteiger partial charge in [-0.15, -0.1) is 10.2 Å². The fourth-order valence-electron chi connectivity index (χ4n) is 3.16. The van der Waals surface area contributed by atoms with Crippen LogP contribution in [-0.4, -0.2) is 45.3 Å². The second-order valence-electron chi connectivity index (χ2n) is 6.46. The van der Waals surface area contributed by atoms with E-state index < -0.39 is 0 Å². The molecule has 3 rings (SSSR count). The number of hydrogen-bond acceptors (Lipinski definition) is 3. The summed E-state index contributed by atoms with van der Waals surface area (Å²) >= 11 is 0. The molecular formula is C18H25N5O.